The van der Waals surface area contributed by atoms with E-state index in [0.717, 1.165) is 41.2 Å². The number of benzene rings is 4. The highest BCUT2D eigenvalue weighted by molar-refractivity contribution is 9.11. The van der Waals surface area contributed by atoms with E-state index in [2.05, 4.69) is 151 Å². The summed E-state index contributed by atoms with van der Waals surface area (Å²) in [6.07, 6.45) is 8.66. The Morgan fingerprint density at radius 1 is 0.558 bits per heavy atom. The number of fused-ring (bicyclic) bond motifs is 6. The molecule has 0 atom stereocenters. The lowest BCUT2D eigenvalue weighted by molar-refractivity contribution is 1.17. The maximum absolute atomic E-state index is 5.50. The monoisotopic (exact) mass is 816 g/mol. The SMILES string of the molecule is Brc1cc(Br)cc(-n2c3ccccc3c3cnccc32)c1.Nc1cc(Br)cc(Br)c1.c1ccc2c(c1)Cc1ccncc1-2. The fourth-order valence-electron chi connectivity index (χ4n) is 5.30. The molecule has 0 fully saturated rings. The van der Waals surface area contributed by atoms with Crippen LogP contribution in [-0.2, 0) is 6.42 Å². The first-order valence-electron chi connectivity index (χ1n) is 13.4. The van der Waals surface area contributed by atoms with Crippen molar-refractivity contribution in [1.29, 1.82) is 0 Å². The molecule has 0 bridgehead atoms. The molecule has 7 aromatic rings. The van der Waals surface area contributed by atoms with Gasteiger partial charge in [0.15, 0.2) is 0 Å². The van der Waals surface area contributed by atoms with Gasteiger partial charge in [0.05, 0.1) is 11.0 Å². The average molecular weight is 820 g/mol. The van der Waals surface area contributed by atoms with Gasteiger partial charge in [-0.2, -0.15) is 0 Å². The molecule has 0 amide bonds. The normalized spacial score (nSPS) is 11.3. The zero-order chi connectivity index (χ0) is 29.9. The third-order valence-corrected chi connectivity index (χ3v) is 8.90. The summed E-state index contributed by atoms with van der Waals surface area (Å²) < 4.78 is 6.35. The lowest BCUT2D eigenvalue weighted by atomic mass is 10.1. The number of nitrogen functional groups attached to an aromatic ring is 1. The van der Waals surface area contributed by atoms with E-state index >= 15 is 0 Å². The van der Waals surface area contributed by atoms with Gasteiger partial charge in [0.25, 0.3) is 0 Å². The Bertz CT molecular complexity index is 1920. The van der Waals surface area contributed by atoms with Crippen LogP contribution in [0, 0.1) is 0 Å². The number of aromatic nitrogens is 3. The molecule has 3 heterocycles. The summed E-state index contributed by atoms with van der Waals surface area (Å²) in [4.78, 5) is 8.43. The fourth-order valence-corrected chi connectivity index (χ4v) is 7.90. The van der Waals surface area contributed by atoms with Crippen molar-refractivity contribution in [3.8, 4) is 16.8 Å². The summed E-state index contributed by atoms with van der Waals surface area (Å²) in [6.45, 7) is 0. The molecule has 4 aromatic carbocycles. The van der Waals surface area contributed by atoms with Crippen LogP contribution in [0.4, 0.5) is 5.69 Å². The topological polar surface area (TPSA) is 56.7 Å². The van der Waals surface area contributed by atoms with Crippen LogP contribution >= 0.6 is 63.7 Å². The van der Waals surface area contributed by atoms with Crippen molar-refractivity contribution < 1.29 is 0 Å². The first-order valence-corrected chi connectivity index (χ1v) is 16.6. The predicted octanol–water partition coefficient (Wildman–Crippen LogP) is 11.2. The van der Waals surface area contributed by atoms with Crippen LogP contribution in [-0.4, -0.2) is 14.5 Å². The van der Waals surface area contributed by atoms with Crippen molar-refractivity contribution in [1.82, 2.24) is 14.5 Å². The van der Waals surface area contributed by atoms with Crippen molar-refractivity contribution in [2.75, 3.05) is 5.73 Å². The second-order valence-corrected chi connectivity index (χ2v) is 13.6. The first-order chi connectivity index (χ1) is 20.9. The number of rotatable bonds is 1. The molecule has 1 aliphatic carbocycles. The molecule has 8 rings (SSSR count). The van der Waals surface area contributed by atoms with Crippen molar-refractivity contribution in [2.45, 2.75) is 6.42 Å². The molecular weight excluding hydrogens is 796 g/mol. The van der Waals surface area contributed by atoms with Crippen LogP contribution in [0.25, 0.3) is 38.6 Å². The molecule has 43 heavy (non-hydrogen) atoms. The molecule has 0 aliphatic heterocycles. The van der Waals surface area contributed by atoms with Gasteiger partial charge in [0.1, 0.15) is 0 Å². The van der Waals surface area contributed by atoms with E-state index in [1.807, 2.05) is 49.1 Å². The van der Waals surface area contributed by atoms with Gasteiger partial charge in [-0.1, -0.05) is 106 Å². The van der Waals surface area contributed by atoms with Crippen molar-refractivity contribution in [3.05, 3.63) is 151 Å². The lowest BCUT2D eigenvalue weighted by Gasteiger charge is -2.09. The summed E-state index contributed by atoms with van der Waals surface area (Å²) in [5.41, 5.74) is 15.2. The number of nitrogens with zero attached hydrogens (tertiary/aromatic N) is 3. The molecular formula is C35H24Br4N4. The molecule has 212 valence electrons. The minimum atomic E-state index is 0.760. The van der Waals surface area contributed by atoms with Gasteiger partial charge in [-0.3, -0.25) is 9.97 Å². The second kappa shape index (κ2) is 13.1. The van der Waals surface area contributed by atoms with E-state index in [0.29, 0.717) is 0 Å². The molecule has 0 unspecified atom stereocenters. The van der Waals surface area contributed by atoms with Crippen LogP contribution in [0.3, 0.4) is 0 Å². The minimum absolute atomic E-state index is 0.760. The molecule has 0 spiro atoms. The number of hydrogen-bond donors (Lipinski definition) is 1. The molecule has 8 heteroatoms. The number of pyridine rings is 2. The highest BCUT2D eigenvalue weighted by Gasteiger charge is 2.16. The van der Waals surface area contributed by atoms with Gasteiger partial charge in [-0.05, 0) is 77.7 Å². The Morgan fingerprint density at radius 3 is 1.88 bits per heavy atom. The zero-order valence-corrected chi connectivity index (χ0v) is 29.0. The Morgan fingerprint density at radius 2 is 1.14 bits per heavy atom. The number of halogens is 4. The molecule has 0 radical (unpaired) electrons. The number of nitrogens with two attached hydrogens (primary N) is 1. The molecule has 2 N–H and O–H groups in total. The number of para-hydroxylation sites is 1. The van der Waals surface area contributed by atoms with Crippen molar-refractivity contribution >= 4 is 91.2 Å². The largest absolute Gasteiger partial charge is 0.399 e. The zero-order valence-electron chi connectivity index (χ0n) is 22.7. The molecule has 1 aliphatic rings. The third kappa shape index (κ3) is 6.63. The highest BCUT2D eigenvalue weighted by Crippen LogP contribution is 2.35. The standard InChI is InChI=1S/C17H10Br2N2.C12H9N.C6H5Br2N/c18-11-7-12(19)9-13(8-11)21-16-4-2-1-3-14(16)15-10-20-6-5-17(15)21;1-2-4-11-9(3-1)7-10-5-6-13-8-12(10)11;7-4-1-5(8)3-6(9)2-4/h1-10H;1-6,8H,7H2;1-3H,9H2. The number of anilines is 1. The quantitative estimate of drug-likeness (QED) is 0.168. The van der Waals surface area contributed by atoms with Gasteiger partial charge < -0.3 is 10.3 Å². The summed E-state index contributed by atoms with van der Waals surface area (Å²) >= 11 is 13.7. The second-order valence-electron chi connectivity index (χ2n) is 9.94. The third-order valence-electron chi connectivity index (χ3n) is 7.06. The maximum atomic E-state index is 5.50. The summed E-state index contributed by atoms with van der Waals surface area (Å²) in [6, 6.07) is 33.1. The van der Waals surface area contributed by atoms with Crippen LogP contribution < -0.4 is 5.73 Å². The van der Waals surface area contributed by atoms with E-state index in [1.54, 1.807) is 0 Å². The van der Waals surface area contributed by atoms with Gasteiger partial charge in [-0.25, -0.2) is 0 Å². The van der Waals surface area contributed by atoms with Crippen molar-refractivity contribution in [2.24, 2.45) is 0 Å². The maximum Gasteiger partial charge on any atom is 0.0571 e. The van der Waals surface area contributed by atoms with Crippen LogP contribution in [0.2, 0.25) is 0 Å². The van der Waals surface area contributed by atoms with E-state index in [1.165, 1.54) is 38.5 Å². The minimum Gasteiger partial charge on any atom is -0.399 e. The molecule has 0 saturated heterocycles. The number of hydrogen-bond acceptors (Lipinski definition) is 3. The van der Waals surface area contributed by atoms with Gasteiger partial charge >= 0.3 is 0 Å². The highest BCUT2D eigenvalue weighted by atomic mass is 79.9. The van der Waals surface area contributed by atoms with Gasteiger partial charge in [0.2, 0.25) is 0 Å². The fraction of sp³-hybridized carbons (Fsp3) is 0.0286. The Labute approximate surface area is 283 Å². The van der Waals surface area contributed by atoms with Crippen LogP contribution in [0.1, 0.15) is 11.1 Å². The average Bonchev–Trinajstić information content (AvgIpc) is 3.53. The Kier molecular flexibility index (Phi) is 9.09. The summed E-state index contributed by atoms with van der Waals surface area (Å²) in [7, 11) is 0. The van der Waals surface area contributed by atoms with Crippen LogP contribution in [0.5, 0.6) is 0 Å². The summed E-state index contributed by atoms with van der Waals surface area (Å²) in [5, 5.41) is 2.39. The van der Waals surface area contributed by atoms with Gasteiger partial charge in [-0.15, -0.1) is 0 Å². The smallest absolute Gasteiger partial charge is 0.0571 e. The molecule has 3 aromatic heterocycles. The molecule has 0 saturated carbocycles. The predicted molar refractivity (Wildman–Crippen MR) is 193 cm³/mol. The van der Waals surface area contributed by atoms with Crippen LogP contribution in [0.15, 0.2) is 140 Å². The molecule has 4 nitrogen and oxygen atoms in total. The van der Waals surface area contributed by atoms with Gasteiger partial charge in [0, 0.05) is 70.4 Å². The first kappa shape index (κ1) is 29.8. The summed E-state index contributed by atoms with van der Waals surface area (Å²) in [5.74, 6) is 0. The lowest BCUT2D eigenvalue weighted by Crippen LogP contribution is -1.93. The Balaban J connectivity index is 0.000000127. The van der Waals surface area contributed by atoms with E-state index in [9.17, 15) is 0 Å². The van der Waals surface area contributed by atoms with E-state index in [-0.39, 0.29) is 0 Å². The van der Waals surface area contributed by atoms with E-state index in [4.69, 9.17) is 5.73 Å². The van der Waals surface area contributed by atoms with Crippen molar-refractivity contribution in [3.63, 3.8) is 0 Å². The Hall–Kier alpha value is -3.30. The van der Waals surface area contributed by atoms with E-state index < -0.39 is 0 Å².